The van der Waals surface area contributed by atoms with Crippen molar-refractivity contribution in [1.29, 1.82) is 0 Å². The Hall–Kier alpha value is -3.26. The monoisotopic (exact) mass is 411 g/mol. The summed E-state index contributed by atoms with van der Waals surface area (Å²) in [5.74, 6) is 0.586. The number of amides is 1. The number of aryl methyl sites for hydroxylation is 1. The number of benzene rings is 2. The fourth-order valence-electron chi connectivity index (χ4n) is 2.91. The van der Waals surface area contributed by atoms with E-state index in [1.807, 2.05) is 38.1 Å². The summed E-state index contributed by atoms with van der Waals surface area (Å²) >= 11 is 1.33. The van der Waals surface area contributed by atoms with Gasteiger partial charge in [-0.3, -0.25) is 14.9 Å². The Balaban J connectivity index is 1.84. The second kappa shape index (κ2) is 8.40. The summed E-state index contributed by atoms with van der Waals surface area (Å²) in [5, 5.41) is 11.8. The molecule has 0 bridgehead atoms. The van der Waals surface area contributed by atoms with Crippen molar-refractivity contribution in [3.05, 3.63) is 74.8 Å². The van der Waals surface area contributed by atoms with E-state index in [2.05, 4.69) is 4.98 Å². The molecule has 150 valence electrons. The lowest BCUT2D eigenvalue weighted by Gasteiger charge is -2.25. The number of hydrogen-bond acceptors (Lipinski definition) is 6. The zero-order valence-corrected chi connectivity index (χ0v) is 17.4. The predicted octanol–water partition coefficient (Wildman–Crippen LogP) is 4.87. The van der Waals surface area contributed by atoms with E-state index in [4.69, 9.17) is 4.74 Å². The summed E-state index contributed by atoms with van der Waals surface area (Å²) < 4.78 is 5.18. The number of carbonyl (C=O) groups is 1. The number of nitro benzene ring substituents is 1. The van der Waals surface area contributed by atoms with Crippen LogP contribution in [0.4, 0.5) is 5.69 Å². The van der Waals surface area contributed by atoms with Crippen LogP contribution in [-0.2, 0) is 0 Å². The first-order valence-electron chi connectivity index (χ1n) is 8.95. The Morgan fingerprint density at radius 3 is 2.55 bits per heavy atom. The van der Waals surface area contributed by atoms with Gasteiger partial charge in [0.05, 0.1) is 23.8 Å². The molecule has 0 spiro atoms. The van der Waals surface area contributed by atoms with Crippen LogP contribution in [-0.4, -0.2) is 34.9 Å². The number of thiazole rings is 1. The summed E-state index contributed by atoms with van der Waals surface area (Å²) in [6, 6.07) is 13.5. The lowest BCUT2D eigenvalue weighted by Crippen LogP contribution is -2.29. The Morgan fingerprint density at radius 1 is 1.24 bits per heavy atom. The van der Waals surface area contributed by atoms with E-state index in [1.54, 1.807) is 31.2 Å². The van der Waals surface area contributed by atoms with Crippen molar-refractivity contribution < 1.29 is 14.5 Å². The van der Waals surface area contributed by atoms with Crippen molar-refractivity contribution in [2.45, 2.75) is 19.9 Å². The molecule has 3 rings (SSSR count). The largest absolute Gasteiger partial charge is 0.497 e. The maximum atomic E-state index is 13.1. The van der Waals surface area contributed by atoms with Gasteiger partial charge in [0.1, 0.15) is 15.6 Å². The second-order valence-electron chi connectivity index (χ2n) is 6.61. The van der Waals surface area contributed by atoms with Crippen molar-refractivity contribution >= 4 is 22.9 Å². The number of rotatable bonds is 6. The third-order valence-corrected chi connectivity index (χ3v) is 5.99. The summed E-state index contributed by atoms with van der Waals surface area (Å²) in [4.78, 5) is 30.4. The highest BCUT2D eigenvalue weighted by Crippen LogP contribution is 2.31. The van der Waals surface area contributed by atoms with Gasteiger partial charge in [0, 0.05) is 24.7 Å². The normalized spacial score (nSPS) is 11.7. The van der Waals surface area contributed by atoms with Crippen LogP contribution < -0.4 is 4.74 Å². The molecule has 7 nitrogen and oxygen atoms in total. The van der Waals surface area contributed by atoms with E-state index in [1.165, 1.54) is 23.5 Å². The number of methoxy groups -OCH3 is 1. The topological polar surface area (TPSA) is 85.6 Å². The Labute approximate surface area is 172 Å². The second-order valence-corrected chi connectivity index (χ2v) is 7.61. The molecule has 0 fully saturated rings. The van der Waals surface area contributed by atoms with Crippen LogP contribution in [0.1, 0.15) is 33.9 Å². The Morgan fingerprint density at radius 2 is 1.93 bits per heavy atom. The van der Waals surface area contributed by atoms with Gasteiger partial charge < -0.3 is 9.64 Å². The molecule has 0 saturated heterocycles. The van der Waals surface area contributed by atoms with Gasteiger partial charge in [0.25, 0.3) is 11.6 Å². The molecule has 2 aromatic carbocycles. The molecule has 0 aliphatic carbocycles. The molecule has 29 heavy (non-hydrogen) atoms. The summed E-state index contributed by atoms with van der Waals surface area (Å²) in [6.45, 7) is 3.65. The number of non-ortho nitro benzene ring substituents is 1. The van der Waals surface area contributed by atoms with E-state index >= 15 is 0 Å². The van der Waals surface area contributed by atoms with Crippen molar-refractivity contribution in [3.8, 4) is 16.3 Å². The zero-order valence-electron chi connectivity index (χ0n) is 16.6. The molecular weight excluding hydrogens is 390 g/mol. The lowest BCUT2D eigenvalue weighted by atomic mass is 10.1. The van der Waals surface area contributed by atoms with E-state index in [9.17, 15) is 14.9 Å². The highest BCUT2D eigenvalue weighted by atomic mass is 32.1. The van der Waals surface area contributed by atoms with Crippen LogP contribution in [0.5, 0.6) is 5.75 Å². The number of aromatic nitrogens is 1. The smallest absolute Gasteiger partial charge is 0.269 e. The third-order valence-electron chi connectivity index (χ3n) is 4.79. The van der Waals surface area contributed by atoms with Crippen molar-refractivity contribution in [2.24, 2.45) is 0 Å². The van der Waals surface area contributed by atoms with E-state index in [0.29, 0.717) is 16.1 Å². The van der Waals surface area contributed by atoms with Crippen LogP contribution in [0.2, 0.25) is 0 Å². The van der Waals surface area contributed by atoms with Gasteiger partial charge >= 0.3 is 0 Å². The molecule has 1 atom stereocenters. The number of hydrogen-bond donors (Lipinski definition) is 0. The molecular formula is C21H21N3O4S. The van der Waals surface area contributed by atoms with Crippen LogP contribution in [0.15, 0.2) is 48.5 Å². The quantitative estimate of drug-likeness (QED) is 0.427. The van der Waals surface area contributed by atoms with Crippen molar-refractivity contribution in [1.82, 2.24) is 9.88 Å². The fraction of sp³-hybridized carbons (Fsp3) is 0.238. The minimum atomic E-state index is -0.438. The van der Waals surface area contributed by atoms with Gasteiger partial charge in [-0.25, -0.2) is 4.98 Å². The minimum Gasteiger partial charge on any atom is -0.497 e. The highest BCUT2D eigenvalue weighted by molar-refractivity contribution is 7.17. The molecule has 0 saturated carbocycles. The fourth-order valence-corrected chi connectivity index (χ4v) is 3.96. The van der Waals surface area contributed by atoms with E-state index in [-0.39, 0.29) is 17.6 Å². The Kier molecular flexibility index (Phi) is 5.93. The molecule has 1 heterocycles. The summed E-state index contributed by atoms with van der Waals surface area (Å²) in [6.07, 6.45) is 0. The van der Waals surface area contributed by atoms with Gasteiger partial charge in [0.2, 0.25) is 0 Å². The maximum absolute atomic E-state index is 13.1. The van der Waals surface area contributed by atoms with Gasteiger partial charge in [-0.05, 0) is 43.7 Å². The third kappa shape index (κ3) is 4.27. The molecule has 1 aromatic heterocycles. The standard InChI is InChI=1S/C21H21N3O4S/c1-13-19(29-20(22-13)15-8-10-18(28-4)11-9-15)21(25)23(3)14(2)16-6-5-7-17(12-16)24(26)27/h5-12,14H,1-4H3. The van der Waals surface area contributed by atoms with E-state index < -0.39 is 4.92 Å². The first kappa shape index (κ1) is 20.5. The molecule has 1 amide bonds. The van der Waals surface area contributed by atoms with Crippen LogP contribution in [0.3, 0.4) is 0 Å². The molecule has 3 aromatic rings. The molecule has 1 unspecified atom stereocenters. The molecule has 8 heteroatoms. The van der Waals surface area contributed by atoms with Gasteiger partial charge in [-0.2, -0.15) is 0 Å². The van der Waals surface area contributed by atoms with Crippen LogP contribution >= 0.6 is 11.3 Å². The van der Waals surface area contributed by atoms with Crippen LogP contribution in [0, 0.1) is 17.0 Å². The first-order valence-corrected chi connectivity index (χ1v) is 9.76. The SMILES string of the molecule is COc1ccc(-c2nc(C)c(C(=O)N(C)C(C)c3cccc([N+](=O)[O-])c3)s2)cc1. The Bertz CT molecular complexity index is 1050. The number of ether oxygens (including phenoxy) is 1. The maximum Gasteiger partial charge on any atom is 0.269 e. The zero-order chi connectivity index (χ0) is 21.1. The number of nitro groups is 1. The highest BCUT2D eigenvalue weighted by Gasteiger charge is 2.24. The molecule has 0 aliphatic rings. The minimum absolute atomic E-state index is 0.00552. The van der Waals surface area contributed by atoms with Crippen LogP contribution in [0.25, 0.3) is 10.6 Å². The van der Waals surface area contributed by atoms with E-state index in [0.717, 1.165) is 16.3 Å². The summed E-state index contributed by atoms with van der Waals surface area (Å²) in [5.41, 5.74) is 2.27. The first-order chi connectivity index (χ1) is 13.8. The average Bonchev–Trinajstić information content (AvgIpc) is 3.13. The van der Waals surface area contributed by atoms with Gasteiger partial charge in [-0.15, -0.1) is 11.3 Å². The van der Waals surface area contributed by atoms with Gasteiger partial charge in [0.15, 0.2) is 0 Å². The average molecular weight is 411 g/mol. The number of nitrogens with zero attached hydrogens (tertiary/aromatic N) is 3. The molecule has 0 radical (unpaired) electrons. The molecule has 0 N–H and O–H groups in total. The lowest BCUT2D eigenvalue weighted by molar-refractivity contribution is -0.384. The predicted molar refractivity (Wildman–Crippen MR) is 112 cm³/mol. The summed E-state index contributed by atoms with van der Waals surface area (Å²) in [7, 11) is 3.30. The van der Waals surface area contributed by atoms with Gasteiger partial charge in [-0.1, -0.05) is 12.1 Å². The number of carbonyl (C=O) groups excluding carboxylic acids is 1. The van der Waals surface area contributed by atoms with Crippen molar-refractivity contribution in [3.63, 3.8) is 0 Å². The van der Waals surface area contributed by atoms with Crippen molar-refractivity contribution in [2.75, 3.05) is 14.2 Å². The molecule has 0 aliphatic heterocycles.